The van der Waals surface area contributed by atoms with E-state index in [0.717, 1.165) is 5.39 Å². The molecule has 0 saturated carbocycles. The number of rotatable bonds is 3. The maximum Gasteiger partial charge on any atom is 1.00 e. The first kappa shape index (κ1) is 18.5. The van der Waals surface area contributed by atoms with Crippen molar-refractivity contribution >= 4 is 34.0 Å². The number of nitrogens with zero attached hydrogens (tertiary/aromatic N) is 1. The van der Waals surface area contributed by atoms with Gasteiger partial charge in [0.15, 0.2) is 12.9 Å². The van der Waals surface area contributed by atoms with Gasteiger partial charge >= 0.3 is 18.9 Å². The summed E-state index contributed by atoms with van der Waals surface area (Å²) in [6.07, 6.45) is 1.63. The molecule has 3 aromatic carbocycles. The van der Waals surface area contributed by atoms with Crippen molar-refractivity contribution in [3.8, 4) is 5.75 Å². The normalized spacial score (nSPS) is 11.1. The average molecular weight is 353 g/mol. The number of hydrogen-bond acceptors (Lipinski definition) is 3. The van der Waals surface area contributed by atoms with E-state index in [9.17, 15) is 9.67 Å². The number of phenols is 1. The summed E-state index contributed by atoms with van der Waals surface area (Å²) in [6.45, 7) is 0. The topological polar surface area (TPSA) is 50.2 Å². The number of hydrogen-bond donors (Lipinski definition) is 1. The molecule has 26 heavy (non-hydrogen) atoms. The Hall–Kier alpha value is -2.30. The summed E-state index contributed by atoms with van der Waals surface area (Å²) in [6, 6.07) is 25.9. The molecule has 4 rings (SSSR count). The Balaban J connectivity index is 0.00000131. The van der Waals surface area contributed by atoms with Crippen LogP contribution in [0, 0.1) is 0 Å². The van der Waals surface area contributed by atoms with Crippen LogP contribution in [0.1, 0.15) is 1.43 Å². The van der Waals surface area contributed by atoms with E-state index in [2.05, 4.69) is 4.98 Å². The van der Waals surface area contributed by atoms with Crippen molar-refractivity contribution in [1.82, 2.24) is 4.98 Å². The minimum atomic E-state index is -3.21. The van der Waals surface area contributed by atoms with Crippen LogP contribution in [0.25, 0.3) is 10.9 Å². The molecule has 0 spiro atoms. The van der Waals surface area contributed by atoms with Crippen LogP contribution in [-0.4, -0.2) is 10.1 Å². The van der Waals surface area contributed by atoms with Gasteiger partial charge in [-0.3, -0.25) is 4.98 Å². The molecule has 0 unspecified atom stereocenters. The standard InChI is InChI=1S/C21H16NO2P.Li.H/c23-21-19(14-13-16-8-7-15-22-20(16)21)25(24,17-9-3-1-4-10-17)18-11-5-2-6-12-18;;/h1-15,23H;;/q;+1;-1. The second-order valence-corrected chi connectivity index (χ2v) is 8.52. The van der Waals surface area contributed by atoms with Crippen LogP contribution >= 0.6 is 7.14 Å². The van der Waals surface area contributed by atoms with Gasteiger partial charge in [-0.25, -0.2) is 0 Å². The molecule has 1 aromatic heterocycles. The molecular formula is C21H17LiNO2P. The van der Waals surface area contributed by atoms with Gasteiger partial charge in [0.2, 0.25) is 0 Å². The molecular weight excluding hydrogens is 336 g/mol. The predicted octanol–water partition coefficient (Wildman–Crippen LogP) is 0.696. The van der Waals surface area contributed by atoms with Gasteiger partial charge in [-0.15, -0.1) is 0 Å². The maximum atomic E-state index is 14.3. The minimum Gasteiger partial charge on any atom is -1.00 e. The third kappa shape index (κ3) is 3.00. The van der Waals surface area contributed by atoms with Gasteiger partial charge in [0.1, 0.15) is 5.52 Å². The molecule has 0 bridgehead atoms. The Morgan fingerprint density at radius 1 is 0.769 bits per heavy atom. The molecule has 0 saturated heterocycles. The van der Waals surface area contributed by atoms with Crippen molar-refractivity contribution in [2.75, 3.05) is 0 Å². The molecule has 0 aliphatic rings. The van der Waals surface area contributed by atoms with Crippen molar-refractivity contribution in [2.24, 2.45) is 0 Å². The molecule has 1 N–H and O–H groups in total. The monoisotopic (exact) mass is 353 g/mol. The summed E-state index contributed by atoms with van der Waals surface area (Å²) in [5.41, 5.74) is 0.465. The molecule has 0 fully saturated rings. The molecule has 0 aliphatic heterocycles. The van der Waals surface area contributed by atoms with Crippen molar-refractivity contribution < 1.29 is 30.0 Å². The number of benzene rings is 3. The number of aromatic nitrogens is 1. The summed E-state index contributed by atoms with van der Waals surface area (Å²) in [7, 11) is -3.21. The van der Waals surface area contributed by atoms with Gasteiger partial charge in [0.25, 0.3) is 0 Å². The van der Waals surface area contributed by atoms with Crippen molar-refractivity contribution in [1.29, 1.82) is 0 Å². The number of fused-ring (bicyclic) bond motifs is 1. The van der Waals surface area contributed by atoms with Crippen LogP contribution in [0.4, 0.5) is 0 Å². The number of aromatic hydroxyl groups is 1. The van der Waals surface area contributed by atoms with Crippen LogP contribution in [0.3, 0.4) is 0 Å². The smallest absolute Gasteiger partial charge is 1.00 e. The Bertz CT molecular complexity index is 1050. The van der Waals surface area contributed by atoms with Gasteiger partial charge in [-0.05, 0) is 12.1 Å². The van der Waals surface area contributed by atoms with Crippen molar-refractivity contribution in [3.05, 3.63) is 91.1 Å². The first-order valence-corrected chi connectivity index (χ1v) is 9.70. The quantitative estimate of drug-likeness (QED) is 0.436. The Morgan fingerprint density at radius 2 is 1.35 bits per heavy atom. The van der Waals surface area contributed by atoms with Gasteiger partial charge < -0.3 is 11.1 Å². The van der Waals surface area contributed by atoms with Gasteiger partial charge in [-0.2, -0.15) is 0 Å². The minimum absolute atomic E-state index is 0. The van der Waals surface area contributed by atoms with Crippen LogP contribution in [0.5, 0.6) is 5.75 Å². The van der Waals surface area contributed by atoms with Crippen LogP contribution < -0.4 is 34.8 Å². The predicted molar refractivity (Wildman–Crippen MR) is 104 cm³/mol. The van der Waals surface area contributed by atoms with E-state index >= 15 is 0 Å². The summed E-state index contributed by atoms with van der Waals surface area (Å²) in [5, 5.41) is 13.5. The Morgan fingerprint density at radius 3 is 1.92 bits per heavy atom. The molecule has 5 heteroatoms. The summed E-state index contributed by atoms with van der Waals surface area (Å²) < 4.78 is 14.3. The van der Waals surface area contributed by atoms with E-state index in [1.807, 2.05) is 78.9 Å². The Labute approximate surface area is 165 Å². The van der Waals surface area contributed by atoms with E-state index in [4.69, 9.17) is 0 Å². The zero-order valence-corrected chi connectivity index (χ0v) is 15.3. The van der Waals surface area contributed by atoms with Crippen LogP contribution in [-0.2, 0) is 4.57 Å². The van der Waals surface area contributed by atoms with Crippen LogP contribution in [0.2, 0.25) is 0 Å². The first-order chi connectivity index (χ1) is 12.2. The molecule has 3 nitrogen and oxygen atoms in total. The molecule has 124 valence electrons. The van der Waals surface area contributed by atoms with Gasteiger partial charge in [0.05, 0.1) is 5.30 Å². The number of pyridine rings is 1. The summed E-state index contributed by atoms with van der Waals surface area (Å²) >= 11 is 0. The third-order valence-electron chi connectivity index (χ3n) is 4.31. The van der Waals surface area contributed by atoms with E-state index < -0.39 is 7.14 Å². The summed E-state index contributed by atoms with van der Waals surface area (Å²) in [4.78, 5) is 4.27. The van der Waals surface area contributed by atoms with E-state index in [0.29, 0.717) is 21.4 Å². The molecule has 4 aromatic rings. The third-order valence-corrected chi connectivity index (χ3v) is 7.40. The van der Waals surface area contributed by atoms with Crippen LogP contribution in [0.15, 0.2) is 91.1 Å². The van der Waals surface area contributed by atoms with E-state index in [1.54, 1.807) is 12.3 Å². The first-order valence-electron chi connectivity index (χ1n) is 8.00. The van der Waals surface area contributed by atoms with Gasteiger partial charge in [0, 0.05) is 22.2 Å². The molecule has 1 heterocycles. The largest absolute Gasteiger partial charge is 1.00 e. The zero-order valence-electron chi connectivity index (χ0n) is 15.4. The second kappa shape index (κ2) is 7.52. The fourth-order valence-corrected chi connectivity index (χ4v) is 5.80. The summed E-state index contributed by atoms with van der Waals surface area (Å²) in [5.74, 6) is -0.0193. The molecule has 0 amide bonds. The fraction of sp³-hybridized carbons (Fsp3) is 0. The maximum absolute atomic E-state index is 14.3. The van der Waals surface area contributed by atoms with E-state index in [-0.39, 0.29) is 26.0 Å². The zero-order chi connectivity index (χ0) is 17.3. The Kier molecular flexibility index (Phi) is 5.35. The van der Waals surface area contributed by atoms with Crippen molar-refractivity contribution in [2.45, 2.75) is 0 Å². The van der Waals surface area contributed by atoms with Crippen molar-refractivity contribution in [3.63, 3.8) is 0 Å². The fourth-order valence-electron chi connectivity index (χ4n) is 3.08. The average Bonchev–Trinajstić information content (AvgIpc) is 2.69. The van der Waals surface area contributed by atoms with Gasteiger partial charge in [-0.1, -0.05) is 72.8 Å². The van der Waals surface area contributed by atoms with E-state index in [1.165, 1.54) is 0 Å². The number of phenolic OH excluding ortho intramolecular Hbond substituents is 1. The molecule has 0 aliphatic carbocycles. The molecule has 0 atom stereocenters. The SMILES string of the molecule is O=P(c1ccccc1)(c1ccccc1)c1ccc2cccnc2c1O.[H-].[Li+]. The second-order valence-electron chi connectivity index (χ2n) is 5.79. The molecule has 0 radical (unpaired) electrons.